The minimum Gasteiger partial charge on any atom is -0.493 e. The molecule has 0 bridgehead atoms. The molecule has 3 nitrogen and oxygen atoms in total. The van der Waals surface area contributed by atoms with E-state index < -0.39 is 5.82 Å². The van der Waals surface area contributed by atoms with Crippen LogP contribution in [0.3, 0.4) is 0 Å². The van der Waals surface area contributed by atoms with Crippen molar-refractivity contribution in [2.45, 2.75) is 0 Å². The molecule has 0 saturated heterocycles. The number of carbonyl (C=O) groups excluding carboxylic acids is 1. The summed E-state index contributed by atoms with van der Waals surface area (Å²) in [7, 11) is 2.99. The van der Waals surface area contributed by atoms with Crippen LogP contribution in [-0.2, 0) is 0 Å². The zero-order chi connectivity index (χ0) is 14.7. The predicted molar refractivity (Wildman–Crippen MR) is 75.3 cm³/mol. The van der Waals surface area contributed by atoms with Gasteiger partial charge >= 0.3 is 0 Å². The Morgan fingerprint density at radius 2 is 1.75 bits per heavy atom. The summed E-state index contributed by atoms with van der Waals surface area (Å²) in [5.74, 6) is 0.420. The van der Waals surface area contributed by atoms with Gasteiger partial charge in [-0.3, -0.25) is 4.79 Å². The Hall–Kier alpha value is -2.07. The zero-order valence-electron chi connectivity index (χ0n) is 10.9. The Kier molecular flexibility index (Phi) is 4.25. The van der Waals surface area contributed by atoms with Crippen molar-refractivity contribution in [1.82, 2.24) is 0 Å². The first-order chi connectivity index (χ1) is 9.60. The summed E-state index contributed by atoms with van der Waals surface area (Å²) in [6, 6.07) is 7.49. The van der Waals surface area contributed by atoms with E-state index in [1.807, 2.05) is 0 Å². The van der Waals surface area contributed by atoms with Crippen molar-refractivity contribution in [3.8, 4) is 22.6 Å². The van der Waals surface area contributed by atoms with Crippen LogP contribution in [0.1, 0.15) is 10.4 Å². The average molecular weight is 295 g/mol. The SMILES string of the molecule is COc1cc(C=O)c(-c2ccc(F)c(Cl)c2)cc1OC. The van der Waals surface area contributed by atoms with Crippen molar-refractivity contribution in [1.29, 1.82) is 0 Å². The van der Waals surface area contributed by atoms with Crippen molar-refractivity contribution in [2.24, 2.45) is 0 Å². The van der Waals surface area contributed by atoms with E-state index in [1.54, 1.807) is 18.2 Å². The molecular weight excluding hydrogens is 283 g/mol. The minimum atomic E-state index is -0.511. The standard InChI is InChI=1S/C15H12ClFO3/c1-19-14-6-10(8-18)11(7-15(14)20-2)9-3-4-13(17)12(16)5-9/h3-8H,1-2H3. The highest BCUT2D eigenvalue weighted by Gasteiger charge is 2.13. The van der Waals surface area contributed by atoms with Crippen LogP contribution in [0.15, 0.2) is 30.3 Å². The Balaban J connectivity index is 2.65. The van der Waals surface area contributed by atoms with E-state index in [0.717, 1.165) is 0 Å². The lowest BCUT2D eigenvalue weighted by atomic mass is 9.99. The Morgan fingerprint density at radius 1 is 1.10 bits per heavy atom. The van der Waals surface area contributed by atoms with Crippen LogP contribution in [0.5, 0.6) is 11.5 Å². The Bertz CT molecular complexity index is 656. The van der Waals surface area contributed by atoms with Crippen molar-refractivity contribution in [3.05, 3.63) is 46.7 Å². The zero-order valence-corrected chi connectivity index (χ0v) is 11.7. The van der Waals surface area contributed by atoms with E-state index in [4.69, 9.17) is 21.1 Å². The van der Waals surface area contributed by atoms with Crippen molar-refractivity contribution < 1.29 is 18.7 Å². The van der Waals surface area contributed by atoms with Crippen LogP contribution in [0.4, 0.5) is 4.39 Å². The van der Waals surface area contributed by atoms with Crippen LogP contribution in [0, 0.1) is 5.82 Å². The number of hydrogen-bond donors (Lipinski definition) is 0. The lowest BCUT2D eigenvalue weighted by molar-refractivity contribution is 0.112. The van der Waals surface area contributed by atoms with Crippen LogP contribution < -0.4 is 9.47 Å². The molecular formula is C15H12ClFO3. The summed E-state index contributed by atoms with van der Waals surface area (Å²) in [6.07, 6.45) is 0.703. The fraction of sp³-hybridized carbons (Fsp3) is 0.133. The maximum atomic E-state index is 13.2. The molecule has 0 aliphatic carbocycles. The molecule has 2 aromatic rings. The first-order valence-corrected chi connectivity index (χ1v) is 6.15. The molecule has 0 aromatic heterocycles. The molecule has 0 unspecified atom stereocenters. The average Bonchev–Trinajstić information content (AvgIpc) is 2.48. The summed E-state index contributed by atoms with van der Waals surface area (Å²) in [5.41, 5.74) is 1.63. The molecule has 5 heteroatoms. The number of carbonyl (C=O) groups is 1. The fourth-order valence-electron chi connectivity index (χ4n) is 1.91. The first kappa shape index (κ1) is 14.3. The van der Waals surface area contributed by atoms with Gasteiger partial charge in [-0.05, 0) is 35.4 Å². The third-order valence-corrected chi connectivity index (χ3v) is 3.20. The normalized spacial score (nSPS) is 10.2. The van der Waals surface area contributed by atoms with E-state index in [0.29, 0.717) is 34.5 Å². The number of aldehydes is 1. The fourth-order valence-corrected chi connectivity index (χ4v) is 2.09. The summed E-state index contributed by atoms with van der Waals surface area (Å²) < 4.78 is 23.6. The van der Waals surface area contributed by atoms with Crippen molar-refractivity contribution in [2.75, 3.05) is 14.2 Å². The summed E-state index contributed by atoms with van der Waals surface area (Å²) >= 11 is 5.77. The highest BCUT2D eigenvalue weighted by Crippen LogP contribution is 2.36. The van der Waals surface area contributed by atoms with Crippen LogP contribution >= 0.6 is 11.6 Å². The molecule has 0 spiro atoms. The second-order valence-electron chi connectivity index (χ2n) is 4.04. The van der Waals surface area contributed by atoms with Gasteiger partial charge in [0.2, 0.25) is 0 Å². The molecule has 0 radical (unpaired) electrons. The van der Waals surface area contributed by atoms with E-state index >= 15 is 0 Å². The lowest BCUT2D eigenvalue weighted by Gasteiger charge is -2.12. The number of methoxy groups -OCH3 is 2. The number of rotatable bonds is 4. The molecule has 104 valence electrons. The van der Waals surface area contributed by atoms with Gasteiger partial charge in [-0.15, -0.1) is 0 Å². The predicted octanol–water partition coefficient (Wildman–Crippen LogP) is 3.98. The second kappa shape index (κ2) is 5.92. The molecule has 0 saturated carbocycles. The molecule has 0 aliphatic heterocycles. The van der Waals surface area contributed by atoms with E-state index in [-0.39, 0.29) is 5.02 Å². The third kappa shape index (κ3) is 2.60. The van der Waals surface area contributed by atoms with Crippen LogP contribution in [-0.4, -0.2) is 20.5 Å². The minimum absolute atomic E-state index is 0.00543. The van der Waals surface area contributed by atoms with E-state index in [2.05, 4.69) is 0 Å². The van der Waals surface area contributed by atoms with Gasteiger partial charge in [0.1, 0.15) is 5.82 Å². The quantitative estimate of drug-likeness (QED) is 0.800. The molecule has 2 aromatic carbocycles. The van der Waals surface area contributed by atoms with Gasteiger partial charge in [0, 0.05) is 5.56 Å². The molecule has 20 heavy (non-hydrogen) atoms. The summed E-state index contributed by atoms with van der Waals surface area (Å²) in [5, 5.41) is -0.00543. The van der Waals surface area contributed by atoms with E-state index in [9.17, 15) is 9.18 Å². The molecule has 0 fully saturated rings. The first-order valence-electron chi connectivity index (χ1n) is 5.77. The van der Waals surface area contributed by atoms with Crippen molar-refractivity contribution >= 4 is 17.9 Å². The van der Waals surface area contributed by atoms with Gasteiger partial charge in [-0.25, -0.2) is 4.39 Å². The molecule has 2 rings (SSSR count). The summed E-state index contributed by atoms with van der Waals surface area (Å²) in [6.45, 7) is 0. The van der Waals surface area contributed by atoms with Gasteiger partial charge in [0.25, 0.3) is 0 Å². The molecule has 0 aliphatic rings. The van der Waals surface area contributed by atoms with E-state index in [1.165, 1.54) is 26.4 Å². The molecule has 0 heterocycles. The van der Waals surface area contributed by atoms with Crippen molar-refractivity contribution in [3.63, 3.8) is 0 Å². The van der Waals surface area contributed by atoms with Crippen LogP contribution in [0.2, 0.25) is 5.02 Å². The molecule has 0 atom stereocenters. The number of hydrogen-bond acceptors (Lipinski definition) is 3. The monoisotopic (exact) mass is 294 g/mol. The maximum absolute atomic E-state index is 13.2. The highest BCUT2D eigenvalue weighted by molar-refractivity contribution is 6.31. The number of halogens is 2. The largest absolute Gasteiger partial charge is 0.493 e. The van der Waals surface area contributed by atoms with Gasteiger partial charge in [0.15, 0.2) is 17.8 Å². The lowest BCUT2D eigenvalue weighted by Crippen LogP contribution is -1.95. The van der Waals surface area contributed by atoms with Gasteiger partial charge in [-0.1, -0.05) is 17.7 Å². The Morgan fingerprint density at radius 3 is 2.30 bits per heavy atom. The van der Waals surface area contributed by atoms with Gasteiger partial charge in [0.05, 0.1) is 19.2 Å². The topological polar surface area (TPSA) is 35.5 Å². The van der Waals surface area contributed by atoms with Gasteiger partial charge < -0.3 is 9.47 Å². The van der Waals surface area contributed by atoms with Gasteiger partial charge in [-0.2, -0.15) is 0 Å². The number of ether oxygens (including phenoxy) is 2. The summed E-state index contributed by atoms with van der Waals surface area (Å²) in [4.78, 5) is 11.2. The second-order valence-corrected chi connectivity index (χ2v) is 4.45. The molecule has 0 N–H and O–H groups in total. The molecule has 0 amide bonds. The van der Waals surface area contributed by atoms with Crippen LogP contribution in [0.25, 0.3) is 11.1 Å². The number of benzene rings is 2. The third-order valence-electron chi connectivity index (χ3n) is 2.91. The maximum Gasteiger partial charge on any atom is 0.161 e. The highest BCUT2D eigenvalue weighted by atomic mass is 35.5. The smallest absolute Gasteiger partial charge is 0.161 e. The Labute approximate surface area is 120 Å².